The molecule has 1 aromatic heterocycles. The first-order valence-corrected chi connectivity index (χ1v) is 7.08. The van der Waals surface area contributed by atoms with E-state index < -0.39 is 0 Å². The number of nitrogens with one attached hydrogen (secondary N) is 1. The molecule has 4 nitrogen and oxygen atoms in total. The van der Waals surface area contributed by atoms with E-state index in [9.17, 15) is 4.79 Å². The maximum absolute atomic E-state index is 12.1. The molecule has 1 amide bonds. The molecule has 1 atom stereocenters. The Morgan fingerprint density at radius 3 is 3.22 bits per heavy atom. The molecule has 2 rings (SSSR count). The molecule has 1 aliphatic heterocycles. The number of aromatic nitrogens is 1. The van der Waals surface area contributed by atoms with Crippen molar-refractivity contribution in [1.82, 2.24) is 15.2 Å². The number of hydrogen-bond donors (Lipinski definition) is 1. The van der Waals surface area contributed by atoms with Crippen LogP contribution in [0.4, 0.5) is 0 Å². The normalized spacial score (nSPS) is 19.9. The van der Waals surface area contributed by atoms with Crippen molar-refractivity contribution in [3.8, 4) is 0 Å². The van der Waals surface area contributed by atoms with E-state index >= 15 is 0 Å². The lowest BCUT2D eigenvalue weighted by atomic mass is 10.2. The van der Waals surface area contributed by atoms with Crippen LogP contribution in [-0.2, 0) is 4.79 Å². The topological polar surface area (TPSA) is 45.2 Å². The summed E-state index contributed by atoms with van der Waals surface area (Å²) >= 11 is 1.60. The highest BCUT2D eigenvalue weighted by molar-refractivity contribution is 7.12. The first-order valence-electron chi connectivity index (χ1n) is 6.26. The van der Waals surface area contributed by atoms with Gasteiger partial charge in [-0.05, 0) is 32.9 Å². The molecule has 1 saturated heterocycles. The number of thiazole rings is 1. The molecule has 0 bridgehead atoms. The molecule has 5 heteroatoms. The molecule has 1 fully saturated rings. The quantitative estimate of drug-likeness (QED) is 0.842. The summed E-state index contributed by atoms with van der Waals surface area (Å²) < 4.78 is 0. The summed E-state index contributed by atoms with van der Waals surface area (Å²) in [4.78, 5) is 19.3. The van der Waals surface area contributed by atoms with Gasteiger partial charge in [0.15, 0.2) is 0 Å². The largest absolute Gasteiger partial charge is 0.335 e. The summed E-state index contributed by atoms with van der Waals surface area (Å²) in [5.74, 6) is 0.110. The predicted octanol–water partition coefficient (Wildman–Crippen LogP) is 1.68. The maximum Gasteiger partial charge on any atom is 0.246 e. The van der Waals surface area contributed by atoms with E-state index in [1.165, 1.54) is 0 Å². The lowest BCUT2D eigenvalue weighted by Gasteiger charge is -2.23. The Labute approximate surface area is 112 Å². The summed E-state index contributed by atoms with van der Waals surface area (Å²) in [5, 5.41) is 4.17. The molecule has 0 aliphatic carbocycles. The second-order valence-electron chi connectivity index (χ2n) is 4.50. The van der Waals surface area contributed by atoms with Crippen LogP contribution >= 0.6 is 11.3 Å². The summed E-state index contributed by atoms with van der Waals surface area (Å²) in [6, 6.07) is 0.343. The van der Waals surface area contributed by atoms with Gasteiger partial charge in [0.2, 0.25) is 5.91 Å². The van der Waals surface area contributed by atoms with Gasteiger partial charge in [-0.25, -0.2) is 4.98 Å². The molecule has 0 spiro atoms. The van der Waals surface area contributed by atoms with Crippen LogP contribution < -0.4 is 5.32 Å². The molecule has 1 aromatic rings. The molecular formula is C13H19N3OS. The molecule has 0 aromatic carbocycles. The molecule has 1 N–H and O–H groups in total. The first kappa shape index (κ1) is 13.2. The predicted molar refractivity (Wildman–Crippen MR) is 74.5 cm³/mol. The van der Waals surface area contributed by atoms with Gasteiger partial charge in [-0.15, -0.1) is 11.3 Å². The number of carbonyl (C=O) groups excluding carboxylic acids is 1. The van der Waals surface area contributed by atoms with E-state index in [2.05, 4.69) is 10.3 Å². The number of amides is 1. The van der Waals surface area contributed by atoms with Crippen molar-refractivity contribution < 1.29 is 4.79 Å². The average Bonchev–Trinajstić information content (AvgIpc) is 2.96. The van der Waals surface area contributed by atoms with Gasteiger partial charge in [0.25, 0.3) is 0 Å². The standard InChI is InChI=1S/C13H19N3OS/c1-10-15-9-12(18-10)5-6-13(17)16-7-3-4-11(16)8-14-2/h5-6,9,11,14H,3-4,7-8H2,1-2H3/b6-5+. The van der Waals surface area contributed by atoms with Crippen LogP contribution in [0.2, 0.25) is 0 Å². The van der Waals surface area contributed by atoms with Gasteiger partial charge in [-0.1, -0.05) is 0 Å². The van der Waals surface area contributed by atoms with Crippen LogP contribution in [0.5, 0.6) is 0 Å². The SMILES string of the molecule is CNCC1CCCN1C(=O)/C=C/c1cnc(C)s1. The molecule has 18 heavy (non-hydrogen) atoms. The van der Waals surface area contributed by atoms with Crippen molar-refractivity contribution >= 4 is 23.3 Å². The third-order valence-electron chi connectivity index (χ3n) is 3.13. The fourth-order valence-corrected chi connectivity index (χ4v) is 2.97. The Morgan fingerprint density at radius 1 is 1.72 bits per heavy atom. The third kappa shape index (κ3) is 3.17. The zero-order chi connectivity index (χ0) is 13.0. The number of aryl methyl sites for hydroxylation is 1. The Bertz CT molecular complexity index is 441. The number of likely N-dealkylation sites (tertiary alicyclic amines) is 1. The fraction of sp³-hybridized carbons (Fsp3) is 0.538. The highest BCUT2D eigenvalue weighted by Crippen LogP contribution is 2.18. The van der Waals surface area contributed by atoms with Gasteiger partial charge in [0, 0.05) is 36.3 Å². The molecule has 1 aliphatic rings. The van der Waals surface area contributed by atoms with Crippen molar-refractivity contribution in [1.29, 1.82) is 0 Å². The fourth-order valence-electron chi connectivity index (χ4n) is 2.28. The number of rotatable bonds is 4. The first-order chi connectivity index (χ1) is 8.70. The number of carbonyl (C=O) groups is 1. The van der Waals surface area contributed by atoms with E-state index in [4.69, 9.17) is 0 Å². The highest BCUT2D eigenvalue weighted by Gasteiger charge is 2.26. The molecule has 1 unspecified atom stereocenters. The zero-order valence-corrected chi connectivity index (χ0v) is 11.7. The summed E-state index contributed by atoms with van der Waals surface area (Å²) in [6.45, 7) is 3.71. The number of hydrogen-bond acceptors (Lipinski definition) is 4. The van der Waals surface area contributed by atoms with Gasteiger partial charge < -0.3 is 10.2 Å². The average molecular weight is 265 g/mol. The summed E-state index contributed by atoms with van der Waals surface area (Å²) in [7, 11) is 1.93. The number of likely N-dealkylation sites (N-methyl/N-ethyl adjacent to an activating group) is 1. The zero-order valence-electron chi connectivity index (χ0n) is 10.8. The van der Waals surface area contributed by atoms with Crippen molar-refractivity contribution in [3.63, 3.8) is 0 Å². The Kier molecular flexibility index (Phi) is 4.49. The van der Waals surface area contributed by atoms with E-state index in [0.29, 0.717) is 6.04 Å². The van der Waals surface area contributed by atoms with Crippen molar-refractivity contribution in [2.24, 2.45) is 0 Å². The Hall–Kier alpha value is -1.20. The van der Waals surface area contributed by atoms with Crippen LogP contribution in [0, 0.1) is 6.92 Å². The molecule has 0 radical (unpaired) electrons. The van der Waals surface area contributed by atoms with Gasteiger partial charge in [0.1, 0.15) is 0 Å². The minimum atomic E-state index is 0.110. The van der Waals surface area contributed by atoms with Crippen LogP contribution in [0.25, 0.3) is 6.08 Å². The minimum Gasteiger partial charge on any atom is -0.335 e. The van der Waals surface area contributed by atoms with Gasteiger partial charge in [0.05, 0.1) is 5.01 Å². The second-order valence-corrected chi connectivity index (χ2v) is 5.77. The monoisotopic (exact) mass is 265 g/mol. The molecule has 0 saturated carbocycles. The van der Waals surface area contributed by atoms with Crippen LogP contribution in [0.3, 0.4) is 0 Å². The van der Waals surface area contributed by atoms with E-state index in [1.54, 1.807) is 23.6 Å². The Balaban J connectivity index is 1.96. The molecule has 98 valence electrons. The van der Waals surface area contributed by atoms with E-state index in [0.717, 1.165) is 35.8 Å². The van der Waals surface area contributed by atoms with Crippen molar-refractivity contribution in [2.75, 3.05) is 20.1 Å². The lowest BCUT2D eigenvalue weighted by Crippen LogP contribution is -2.39. The minimum absolute atomic E-state index is 0.110. The summed E-state index contributed by atoms with van der Waals surface area (Å²) in [5.41, 5.74) is 0. The van der Waals surface area contributed by atoms with Crippen LogP contribution in [0.15, 0.2) is 12.3 Å². The van der Waals surface area contributed by atoms with E-state index in [1.807, 2.05) is 24.9 Å². The van der Waals surface area contributed by atoms with Gasteiger partial charge in [-0.3, -0.25) is 4.79 Å². The van der Waals surface area contributed by atoms with Gasteiger partial charge >= 0.3 is 0 Å². The second kappa shape index (κ2) is 6.11. The van der Waals surface area contributed by atoms with E-state index in [-0.39, 0.29) is 5.91 Å². The lowest BCUT2D eigenvalue weighted by molar-refractivity contribution is -0.126. The smallest absolute Gasteiger partial charge is 0.246 e. The summed E-state index contributed by atoms with van der Waals surface area (Å²) in [6.07, 6.45) is 7.53. The van der Waals surface area contributed by atoms with Gasteiger partial charge in [-0.2, -0.15) is 0 Å². The highest BCUT2D eigenvalue weighted by atomic mass is 32.1. The molecular weight excluding hydrogens is 246 g/mol. The van der Waals surface area contributed by atoms with Crippen molar-refractivity contribution in [3.05, 3.63) is 22.2 Å². The van der Waals surface area contributed by atoms with Crippen molar-refractivity contribution in [2.45, 2.75) is 25.8 Å². The van der Waals surface area contributed by atoms with Crippen LogP contribution in [0.1, 0.15) is 22.7 Å². The molecule has 2 heterocycles. The van der Waals surface area contributed by atoms with Crippen LogP contribution in [-0.4, -0.2) is 42.0 Å². The number of nitrogens with zero attached hydrogens (tertiary/aromatic N) is 2. The third-order valence-corrected chi connectivity index (χ3v) is 4.01. The maximum atomic E-state index is 12.1. The Morgan fingerprint density at radius 2 is 2.56 bits per heavy atom.